The number of nitrogens with two attached hydrogens (primary N) is 2. The molecule has 0 bridgehead atoms. The molecule has 0 unspecified atom stereocenters. The molecule has 5 nitrogen and oxygen atoms in total. The monoisotopic (exact) mass is 153 g/mol. The normalized spacial score (nSPS) is 10.9. The molecule has 0 aliphatic heterocycles. The minimum absolute atomic E-state index is 0.137. The van der Waals surface area contributed by atoms with E-state index in [9.17, 15) is 0 Å². The van der Waals surface area contributed by atoms with Gasteiger partial charge in [0.05, 0.1) is 5.39 Å². The van der Waals surface area contributed by atoms with Crippen LogP contribution in [0.1, 0.15) is 0 Å². The van der Waals surface area contributed by atoms with Crippen molar-refractivity contribution in [2.75, 3.05) is 11.5 Å². The van der Waals surface area contributed by atoms with Crippen LogP contribution in [0.3, 0.4) is 0 Å². The van der Waals surface area contributed by atoms with Gasteiger partial charge >= 0.3 is 0 Å². The van der Waals surface area contributed by atoms with E-state index in [-0.39, 0.29) is 11.6 Å². The third kappa shape index (κ3) is 0.590. The van der Waals surface area contributed by atoms with Gasteiger partial charge in [0.25, 0.3) is 0 Å². The van der Waals surface area contributed by atoms with Crippen LogP contribution in [0.2, 0.25) is 0 Å². The van der Waals surface area contributed by atoms with Gasteiger partial charge in [0, 0.05) is 6.20 Å². The molecule has 11 heavy (non-hydrogen) atoms. The van der Waals surface area contributed by atoms with Gasteiger partial charge in [0.15, 0.2) is 0 Å². The molecule has 2 heterocycles. The van der Waals surface area contributed by atoms with E-state index in [1.54, 1.807) is 6.07 Å². The van der Waals surface area contributed by atoms with Crippen LogP contribution in [0.25, 0.3) is 11.1 Å². The number of nitrogens with zero attached hydrogens (tertiary/aromatic N) is 1. The van der Waals surface area contributed by atoms with E-state index in [0.717, 1.165) is 4.73 Å². The Morgan fingerprint density at radius 1 is 1.45 bits per heavy atom. The third-order valence-corrected chi connectivity index (χ3v) is 1.58. The SMILES string of the molecule is Nc1oc2c(ccn2O)c1N. The molecule has 5 N–H and O–H groups in total. The summed E-state index contributed by atoms with van der Waals surface area (Å²) in [5.41, 5.74) is 11.5. The first-order valence-corrected chi connectivity index (χ1v) is 3.04. The molecule has 5 heteroatoms. The largest absolute Gasteiger partial charge is 0.425 e. The summed E-state index contributed by atoms with van der Waals surface area (Å²) in [4.78, 5) is 0. The molecule has 2 aromatic heterocycles. The lowest BCUT2D eigenvalue weighted by atomic mass is 10.3. The van der Waals surface area contributed by atoms with E-state index < -0.39 is 0 Å². The molecule has 0 spiro atoms. The van der Waals surface area contributed by atoms with E-state index in [0.29, 0.717) is 11.1 Å². The zero-order valence-electron chi connectivity index (χ0n) is 5.61. The molecular weight excluding hydrogens is 146 g/mol. The molecule has 0 saturated heterocycles. The Kier molecular flexibility index (Phi) is 0.883. The maximum absolute atomic E-state index is 9.06. The number of fused-ring (bicyclic) bond motifs is 1. The first kappa shape index (κ1) is 5.96. The lowest BCUT2D eigenvalue weighted by Gasteiger charge is -1.86. The number of rotatable bonds is 0. The fourth-order valence-corrected chi connectivity index (χ4v) is 1.01. The van der Waals surface area contributed by atoms with E-state index in [2.05, 4.69) is 0 Å². The van der Waals surface area contributed by atoms with Crippen LogP contribution >= 0.6 is 0 Å². The fourth-order valence-electron chi connectivity index (χ4n) is 1.01. The zero-order chi connectivity index (χ0) is 8.01. The summed E-state index contributed by atoms with van der Waals surface area (Å²) >= 11 is 0. The summed E-state index contributed by atoms with van der Waals surface area (Å²) in [5, 5.41) is 9.69. The van der Waals surface area contributed by atoms with E-state index >= 15 is 0 Å². The maximum Gasteiger partial charge on any atom is 0.244 e. The second kappa shape index (κ2) is 1.63. The third-order valence-electron chi connectivity index (χ3n) is 1.58. The van der Waals surface area contributed by atoms with Gasteiger partial charge in [-0.1, -0.05) is 0 Å². The number of aromatic nitrogens is 1. The molecule has 0 fully saturated rings. The van der Waals surface area contributed by atoms with Crippen molar-refractivity contribution in [3.05, 3.63) is 12.3 Å². The summed E-state index contributed by atoms with van der Waals surface area (Å²) in [6.45, 7) is 0. The highest BCUT2D eigenvalue weighted by molar-refractivity contribution is 5.93. The average molecular weight is 153 g/mol. The lowest BCUT2D eigenvalue weighted by molar-refractivity contribution is 0.189. The molecule has 0 amide bonds. The second-order valence-corrected chi connectivity index (χ2v) is 2.26. The minimum Gasteiger partial charge on any atom is -0.425 e. The molecule has 2 rings (SSSR count). The number of hydrogen-bond acceptors (Lipinski definition) is 4. The molecule has 0 atom stereocenters. The number of hydrogen-bond donors (Lipinski definition) is 3. The summed E-state index contributed by atoms with van der Waals surface area (Å²) in [5.74, 6) is 0.137. The average Bonchev–Trinajstić information content (AvgIpc) is 2.43. The topological polar surface area (TPSA) is 90.3 Å². The molecule has 0 saturated carbocycles. The molecule has 0 aromatic carbocycles. The molecule has 58 valence electrons. The minimum atomic E-state index is 0.137. The quantitative estimate of drug-likeness (QED) is 0.484. The van der Waals surface area contributed by atoms with Crippen LogP contribution in [0.4, 0.5) is 11.6 Å². The molecule has 2 aromatic rings. The van der Waals surface area contributed by atoms with Gasteiger partial charge in [0.1, 0.15) is 5.69 Å². The standard InChI is InChI=1S/C6H7N3O2/c7-4-3-1-2-9(10)6(3)11-5(4)8/h1-2,10H,7-8H2. The summed E-state index contributed by atoms with van der Waals surface area (Å²) in [6.07, 6.45) is 1.43. The summed E-state index contributed by atoms with van der Waals surface area (Å²) in [7, 11) is 0. The van der Waals surface area contributed by atoms with Gasteiger partial charge < -0.3 is 21.1 Å². The van der Waals surface area contributed by atoms with Crippen molar-refractivity contribution in [3.8, 4) is 0 Å². The van der Waals surface area contributed by atoms with Gasteiger partial charge in [-0.25, -0.2) is 0 Å². The van der Waals surface area contributed by atoms with E-state index in [4.69, 9.17) is 21.1 Å². The van der Waals surface area contributed by atoms with Gasteiger partial charge in [0.2, 0.25) is 11.6 Å². The predicted molar refractivity (Wildman–Crippen MR) is 40.2 cm³/mol. The molecular formula is C6H7N3O2. The number of anilines is 2. The number of nitrogen functional groups attached to an aromatic ring is 2. The molecule has 0 aliphatic carbocycles. The Labute approximate surface area is 61.8 Å². The van der Waals surface area contributed by atoms with Crippen LogP contribution in [0.15, 0.2) is 16.7 Å². The van der Waals surface area contributed by atoms with Crippen LogP contribution < -0.4 is 11.5 Å². The van der Waals surface area contributed by atoms with Crippen LogP contribution in [0.5, 0.6) is 0 Å². The Hall–Kier alpha value is -1.78. The van der Waals surface area contributed by atoms with Crippen molar-refractivity contribution in [1.82, 2.24) is 4.73 Å². The lowest BCUT2D eigenvalue weighted by Crippen LogP contribution is -1.88. The Morgan fingerprint density at radius 3 is 2.82 bits per heavy atom. The highest BCUT2D eigenvalue weighted by Gasteiger charge is 2.11. The van der Waals surface area contributed by atoms with E-state index in [1.165, 1.54) is 6.20 Å². The zero-order valence-corrected chi connectivity index (χ0v) is 5.61. The first-order valence-electron chi connectivity index (χ1n) is 3.04. The smallest absolute Gasteiger partial charge is 0.244 e. The highest BCUT2D eigenvalue weighted by Crippen LogP contribution is 2.29. The van der Waals surface area contributed by atoms with Gasteiger partial charge in [-0.15, -0.1) is 0 Å². The Morgan fingerprint density at radius 2 is 2.18 bits per heavy atom. The van der Waals surface area contributed by atoms with Gasteiger partial charge in [-0.05, 0) is 6.07 Å². The predicted octanol–water partition coefficient (Wildman–Crippen LogP) is 0.636. The second-order valence-electron chi connectivity index (χ2n) is 2.26. The molecule has 0 aliphatic rings. The number of furan rings is 1. The fraction of sp³-hybridized carbons (Fsp3) is 0. The van der Waals surface area contributed by atoms with Crippen LogP contribution in [-0.4, -0.2) is 9.94 Å². The van der Waals surface area contributed by atoms with Crippen molar-refractivity contribution >= 4 is 22.7 Å². The van der Waals surface area contributed by atoms with Gasteiger partial charge in [-0.2, -0.15) is 4.73 Å². The van der Waals surface area contributed by atoms with Crippen molar-refractivity contribution in [3.63, 3.8) is 0 Å². The van der Waals surface area contributed by atoms with Crippen molar-refractivity contribution in [2.45, 2.75) is 0 Å². The van der Waals surface area contributed by atoms with Crippen LogP contribution in [0, 0.1) is 0 Å². The van der Waals surface area contributed by atoms with Crippen molar-refractivity contribution in [1.29, 1.82) is 0 Å². The highest BCUT2D eigenvalue weighted by atomic mass is 16.5. The first-order chi connectivity index (χ1) is 5.20. The summed E-state index contributed by atoms with van der Waals surface area (Å²) < 4.78 is 5.77. The van der Waals surface area contributed by atoms with Crippen molar-refractivity contribution < 1.29 is 9.62 Å². The Bertz CT molecular complexity index is 401. The van der Waals surface area contributed by atoms with E-state index in [1.807, 2.05) is 0 Å². The summed E-state index contributed by atoms with van der Waals surface area (Å²) in [6, 6.07) is 1.63. The van der Waals surface area contributed by atoms with Gasteiger partial charge in [-0.3, -0.25) is 0 Å². The Balaban J connectivity index is 2.93. The van der Waals surface area contributed by atoms with Crippen molar-refractivity contribution in [2.24, 2.45) is 0 Å². The molecule has 0 radical (unpaired) electrons. The van der Waals surface area contributed by atoms with Crippen LogP contribution in [-0.2, 0) is 0 Å². The maximum atomic E-state index is 9.06.